The molecule has 1 aromatic carbocycles. The number of nitro groups is 1. The summed E-state index contributed by atoms with van der Waals surface area (Å²) in [6.45, 7) is 1.52. The number of carbonyl (C=O) groups is 1. The first-order chi connectivity index (χ1) is 10.1. The van der Waals surface area contributed by atoms with Crippen LogP contribution in [0.2, 0.25) is 0 Å². The Kier molecular flexibility index (Phi) is 8.09. The van der Waals surface area contributed by atoms with Crippen molar-refractivity contribution >= 4 is 11.6 Å². The summed E-state index contributed by atoms with van der Waals surface area (Å²) in [6.07, 6.45) is 8.66. The van der Waals surface area contributed by atoms with Crippen LogP contribution in [0.4, 0.5) is 5.69 Å². The quantitative estimate of drug-likeness (QED) is 0.405. The Morgan fingerprint density at radius 2 is 1.71 bits per heavy atom. The van der Waals surface area contributed by atoms with Gasteiger partial charge in [-0.3, -0.25) is 14.9 Å². The first kappa shape index (κ1) is 17.1. The number of nitrogens with one attached hydrogen (secondary N) is 1. The van der Waals surface area contributed by atoms with Gasteiger partial charge in [-0.1, -0.05) is 51.2 Å². The van der Waals surface area contributed by atoms with Gasteiger partial charge in [-0.15, -0.1) is 0 Å². The highest BCUT2D eigenvalue weighted by atomic mass is 16.6. The van der Waals surface area contributed by atoms with E-state index < -0.39 is 17.4 Å². The molecule has 0 atom stereocenters. The number of amides is 1. The van der Waals surface area contributed by atoms with Crippen LogP contribution in [0, 0.1) is 10.1 Å². The maximum absolute atomic E-state index is 11.3. The number of nitrogens with zero attached hydrogens (tertiary/aromatic N) is 1. The van der Waals surface area contributed by atoms with Gasteiger partial charge in [0.05, 0.1) is 0 Å². The van der Waals surface area contributed by atoms with Gasteiger partial charge in [0, 0.05) is 10.6 Å². The molecule has 21 heavy (non-hydrogen) atoms. The van der Waals surface area contributed by atoms with Crippen molar-refractivity contribution in [3.05, 3.63) is 39.9 Å². The normalized spacial score (nSPS) is 10.3. The minimum atomic E-state index is -0.695. The van der Waals surface area contributed by atoms with Crippen LogP contribution in [0.5, 0.6) is 0 Å². The van der Waals surface area contributed by atoms with Gasteiger partial charge in [-0.2, -0.15) is 0 Å². The summed E-state index contributed by atoms with van der Waals surface area (Å²) in [7, 11) is 0. The van der Waals surface area contributed by atoms with Gasteiger partial charge < -0.3 is 5.32 Å². The van der Waals surface area contributed by atoms with Crippen LogP contribution in [0.3, 0.4) is 0 Å². The van der Waals surface area contributed by atoms with E-state index in [-0.39, 0.29) is 0 Å². The first-order valence-corrected chi connectivity index (χ1v) is 7.62. The summed E-state index contributed by atoms with van der Waals surface area (Å²) in [5.74, 6) is -0.594. The van der Waals surface area contributed by atoms with E-state index in [1.807, 2.05) is 12.1 Å². The molecule has 0 bridgehead atoms. The van der Waals surface area contributed by atoms with Crippen molar-refractivity contribution in [3.63, 3.8) is 0 Å². The Hall–Kier alpha value is -1.91. The molecule has 0 aliphatic heterocycles. The van der Waals surface area contributed by atoms with Gasteiger partial charge in [0.15, 0.2) is 0 Å². The lowest BCUT2D eigenvalue weighted by Gasteiger charge is -2.05. The summed E-state index contributed by atoms with van der Waals surface area (Å²) in [5.41, 5.74) is 1.84. The zero-order valence-electron chi connectivity index (χ0n) is 12.6. The number of rotatable bonds is 10. The van der Waals surface area contributed by atoms with Crippen LogP contribution >= 0.6 is 0 Å². The molecule has 0 radical (unpaired) electrons. The third-order valence-corrected chi connectivity index (χ3v) is 3.33. The highest BCUT2D eigenvalue weighted by molar-refractivity contribution is 5.91. The van der Waals surface area contributed by atoms with Crippen LogP contribution in [-0.4, -0.2) is 17.4 Å². The molecule has 1 rings (SSSR count). The molecule has 0 heterocycles. The van der Waals surface area contributed by atoms with E-state index in [0.717, 1.165) is 6.42 Å². The number of hydrogen-bond acceptors (Lipinski definition) is 3. The van der Waals surface area contributed by atoms with Crippen LogP contribution in [0.1, 0.15) is 51.0 Å². The standard InChI is InChI=1S/C16H24N2O3/c1-2-3-4-5-6-7-8-14-9-11-15(12-10-14)17-16(19)13-18(20)21/h9-12H,2-8,13H2,1H3,(H,17,19). The molecule has 0 aliphatic carbocycles. The summed E-state index contributed by atoms with van der Waals surface area (Å²) >= 11 is 0. The van der Waals surface area contributed by atoms with E-state index in [1.54, 1.807) is 12.1 Å². The maximum atomic E-state index is 11.3. The average molecular weight is 292 g/mol. The van der Waals surface area contributed by atoms with E-state index in [1.165, 1.54) is 44.1 Å². The fraction of sp³-hybridized carbons (Fsp3) is 0.562. The largest absolute Gasteiger partial charge is 0.320 e. The molecular weight excluding hydrogens is 268 g/mol. The summed E-state index contributed by atoms with van der Waals surface area (Å²) < 4.78 is 0. The lowest BCUT2D eigenvalue weighted by molar-refractivity contribution is -0.467. The first-order valence-electron chi connectivity index (χ1n) is 7.62. The molecule has 0 aliphatic rings. The molecule has 0 aromatic heterocycles. The molecule has 116 valence electrons. The zero-order valence-corrected chi connectivity index (χ0v) is 12.6. The molecule has 0 fully saturated rings. The predicted molar refractivity (Wildman–Crippen MR) is 84.0 cm³/mol. The second kappa shape index (κ2) is 9.91. The Bertz CT molecular complexity index is 443. The maximum Gasteiger partial charge on any atom is 0.296 e. The summed E-state index contributed by atoms with van der Waals surface area (Å²) in [6, 6.07) is 7.52. The third kappa shape index (κ3) is 8.07. The third-order valence-electron chi connectivity index (χ3n) is 3.33. The lowest BCUT2D eigenvalue weighted by atomic mass is 10.0. The number of hydrogen-bond donors (Lipinski definition) is 1. The van der Waals surface area contributed by atoms with Crippen molar-refractivity contribution in [3.8, 4) is 0 Å². The van der Waals surface area contributed by atoms with Crippen molar-refractivity contribution in [1.29, 1.82) is 0 Å². The van der Waals surface area contributed by atoms with Crippen molar-refractivity contribution in [2.75, 3.05) is 11.9 Å². The van der Waals surface area contributed by atoms with Gasteiger partial charge >= 0.3 is 0 Å². The van der Waals surface area contributed by atoms with Gasteiger partial charge in [0.2, 0.25) is 0 Å². The molecular formula is C16H24N2O3. The Morgan fingerprint density at radius 3 is 2.33 bits per heavy atom. The summed E-state index contributed by atoms with van der Waals surface area (Å²) in [4.78, 5) is 20.8. The van der Waals surface area contributed by atoms with E-state index >= 15 is 0 Å². The number of benzene rings is 1. The van der Waals surface area contributed by atoms with E-state index in [4.69, 9.17) is 0 Å². The second-order valence-electron chi connectivity index (χ2n) is 5.25. The molecule has 5 nitrogen and oxygen atoms in total. The molecule has 1 amide bonds. The molecule has 5 heteroatoms. The number of unbranched alkanes of at least 4 members (excludes halogenated alkanes) is 5. The molecule has 0 saturated carbocycles. The molecule has 0 unspecified atom stereocenters. The second-order valence-corrected chi connectivity index (χ2v) is 5.25. The van der Waals surface area contributed by atoms with E-state index in [9.17, 15) is 14.9 Å². The highest BCUT2D eigenvalue weighted by Crippen LogP contribution is 2.13. The minimum Gasteiger partial charge on any atom is -0.320 e. The SMILES string of the molecule is CCCCCCCCc1ccc(NC(=O)C[N+](=O)[O-])cc1. The fourth-order valence-corrected chi connectivity index (χ4v) is 2.18. The van der Waals surface area contributed by atoms with Gasteiger partial charge in [-0.25, -0.2) is 0 Å². The fourth-order valence-electron chi connectivity index (χ4n) is 2.18. The lowest BCUT2D eigenvalue weighted by Crippen LogP contribution is -2.21. The van der Waals surface area contributed by atoms with Crippen molar-refractivity contribution in [1.82, 2.24) is 0 Å². The van der Waals surface area contributed by atoms with Gasteiger partial charge in [-0.05, 0) is 30.5 Å². The highest BCUT2D eigenvalue weighted by Gasteiger charge is 2.08. The minimum absolute atomic E-state index is 0.594. The number of carbonyl (C=O) groups excluding carboxylic acids is 1. The molecule has 1 N–H and O–H groups in total. The number of anilines is 1. The van der Waals surface area contributed by atoms with Crippen molar-refractivity contribution in [2.24, 2.45) is 0 Å². The predicted octanol–water partition coefficient (Wildman–Crippen LogP) is 3.80. The average Bonchev–Trinajstić information content (AvgIpc) is 2.43. The Labute approximate surface area is 125 Å². The smallest absolute Gasteiger partial charge is 0.296 e. The topological polar surface area (TPSA) is 72.2 Å². The van der Waals surface area contributed by atoms with Crippen LogP contribution in [-0.2, 0) is 11.2 Å². The van der Waals surface area contributed by atoms with Crippen LogP contribution in [0.25, 0.3) is 0 Å². The van der Waals surface area contributed by atoms with Gasteiger partial charge in [0.1, 0.15) is 0 Å². The van der Waals surface area contributed by atoms with E-state index in [2.05, 4.69) is 12.2 Å². The Balaban J connectivity index is 2.27. The zero-order chi connectivity index (χ0) is 15.5. The molecule has 0 saturated heterocycles. The molecule has 0 spiro atoms. The van der Waals surface area contributed by atoms with Crippen molar-refractivity contribution < 1.29 is 9.72 Å². The van der Waals surface area contributed by atoms with Crippen LogP contribution in [0.15, 0.2) is 24.3 Å². The summed E-state index contributed by atoms with van der Waals surface area (Å²) in [5, 5.41) is 12.7. The molecule has 1 aromatic rings. The number of aryl methyl sites for hydroxylation is 1. The van der Waals surface area contributed by atoms with Crippen LogP contribution < -0.4 is 5.32 Å². The monoisotopic (exact) mass is 292 g/mol. The van der Waals surface area contributed by atoms with E-state index in [0.29, 0.717) is 5.69 Å². The van der Waals surface area contributed by atoms with Gasteiger partial charge in [0.25, 0.3) is 12.5 Å². The van der Waals surface area contributed by atoms with Crippen molar-refractivity contribution in [2.45, 2.75) is 51.9 Å². The Morgan fingerprint density at radius 1 is 1.10 bits per heavy atom.